The summed E-state index contributed by atoms with van der Waals surface area (Å²) in [6, 6.07) is 5.03. The topological polar surface area (TPSA) is 49.8 Å². The van der Waals surface area contributed by atoms with E-state index in [2.05, 4.69) is 0 Å². The summed E-state index contributed by atoms with van der Waals surface area (Å²) in [5.41, 5.74) is 1.43. The van der Waals surface area contributed by atoms with Crippen LogP contribution in [-0.2, 0) is 11.2 Å². The van der Waals surface area contributed by atoms with Crippen LogP contribution in [0.5, 0.6) is 5.75 Å². The second-order valence-electron chi connectivity index (χ2n) is 4.63. The molecule has 0 radical (unpaired) electrons. The Balaban J connectivity index is 2.81. The Bertz CT molecular complexity index is 489. The molecule has 4 nitrogen and oxygen atoms in total. The van der Waals surface area contributed by atoms with E-state index in [0.29, 0.717) is 16.2 Å². The van der Waals surface area contributed by atoms with Crippen LogP contribution in [0.2, 0.25) is 0 Å². The molecule has 0 saturated heterocycles. The quantitative estimate of drug-likeness (QED) is 0.873. The van der Waals surface area contributed by atoms with Crippen molar-refractivity contribution >= 4 is 5.91 Å². The Labute approximate surface area is 121 Å². The number of hydrogen-bond donors (Lipinski definition) is 1. The van der Waals surface area contributed by atoms with Crippen LogP contribution in [-0.4, -0.2) is 48.9 Å². The Morgan fingerprint density at radius 3 is 2.57 bits per heavy atom. The lowest BCUT2D eigenvalue weighted by Gasteiger charge is -2.23. The third-order valence-corrected chi connectivity index (χ3v) is 2.92. The SMILES string of the molecule is COc1cc(CC(=O)N(CCO)CC(F)(F)F)ccc1C. The molecule has 7 heteroatoms. The summed E-state index contributed by atoms with van der Waals surface area (Å²) in [6.45, 7) is -0.401. The number of carbonyl (C=O) groups is 1. The molecule has 0 unspecified atom stereocenters. The van der Waals surface area contributed by atoms with E-state index in [1.54, 1.807) is 18.2 Å². The number of amides is 1. The highest BCUT2D eigenvalue weighted by Crippen LogP contribution is 2.21. The lowest BCUT2D eigenvalue weighted by atomic mass is 10.1. The lowest BCUT2D eigenvalue weighted by molar-refractivity contribution is -0.161. The van der Waals surface area contributed by atoms with Crippen LogP contribution in [0.15, 0.2) is 18.2 Å². The van der Waals surface area contributed by atoms with Gasteiger partial charge in [0.2, 0.25) is 5.91 Å². The van der Waals surface area contributed by atoms with Crippen molar-refractivity contribution in [3.8, 4) is 5.75 Å². The first kappa shape index (κ1) is 17.3. The average molecular weight is 305 g/mol. The molecule has 0 aliphatic carbocycles. The summed E-state index contributed by atoms with van der Waals surface area (Å²) in [5.74, 6) is -0.114. The van der Waals surface area contributed by atoms with Gasteiger partial charge in [-0.1, -0.05) is 12.1 Å². The zero-order valence-electron chi connectivity index (χ0n) is 11.9. The van der Waals surface area contributed by atoms with E-state index in [9.17, 15) is 18.0 Å². The Kier molecular flexibility index (Phi) is 6.02. The average Bonchev–Trinajstić information content (AvgIpc) is 2.39. The van der Waals surface area contributed by atoms with Gasteiger partial charge in [-0.15, -0.1) is 0 Å². The maximum Gasteiger partial charge on any atom is 0.406 e. The van der Waals surface area contributed by atoms with E-state index in [-0.39, 0.29) is 13.0 Å². The molecule has 1 aromatic rings. The van der Waals surface area contributed by atoms with Crippen LogP contribution in [0.4, 0.5) is 13.2 Å². The van der Waals surface area contributed by atoms with Gasteiger partial charge >= 0.3 is 6.18 Å². The molecule has 0 bridgehead atoms. The van der Waals surface area contributed by atoms with E-state index in [1.807, 2.05) is 6.92 Å². The zero-order valence-corrected chi connectivity index (χ0v) is 11.9. The van der Waals surface area contributed by atoms with Gasteiger partial charge in [-0.3, -0.25) is 4.79 Å². The number of aliphatic hydroxyl groups excluding tert-OH is 1. The summed E-state index contributed by atoms with van der Waals surface area (Å²) in [4.78, 5) is 12.5. The van der Waals surface area contributed by atoms with Crippen molar-refractivity contribution < 1.29 is 27.8 Å². The van der Waals surface area contributed by atoms with Gasteiger partial charge in [0.25, 0.3) is 0 Å². The third kappa shape index (κ3) is 5.63. The van der Waals surface area contributed by atoms with Crippen molar-refractivity contribution in [1.82, 2.24) is 4.90 Å². The molecule has 0 spiro atoms. The van der Waals surface area contributed by atoms with Crippen molar-refractivity contribution in [1.29, 1.82) is 0 Å². The summed E-state index contributed by atoms with van der Waals surface area (Å²) in [6.07, 6.45) is -4.66. The van der Waals surface area contributed by atoms with Gasteiger partial charge in [-0.25, -0.2) is 0 Å². The molecule has 1 rings (SSSR count). The Hall–Kier alpha value is -1.76. The van der Waals surface area contributed by atoms with Gasteiger partial charge < -0.3 is 14.7 Å². The molecule has 0 heterocycles. The summed E-state index contributed by atoms with van der Waals surface area (Å²) >= 11 is 0. The van der Waals surface area contributed by atoms with Crippen molar-refractivity contribution in [3.63, 3.8) is 0 Å². The van der Waals surface area contributed by atoms with E-state index in [1.165, 1.54) is 7.11 Å². The number of halogens is 3. The predicted molar refractivity (Wildman–Crippen MR) is 71.2 cm³/mol. The van der Waals surface area contributed by atoms with E-state index < -0.39 is 25.2 Å². The molecule has 0 saturated carbocycles. The minimum absolute atomic E-state index is 0.174. The number of benzene rings is 1. The number of ether oxygens (including phenoxy) is 1. The first-order valence-electron chi connectivity index (χ1n) is 6.35. The number of hydrogen-bond acceptors (Lipinski definition) is 3. The lowest BCUT2D eigenvalue weighted by Crippen LogP contribution is -2.41. The highest BCUT2D eigenvalue weighted by molar-refractivity contribution is 5.79. The largest absolute Gasteiger partial charge is 0.496 e. The van der Waals surface area contributed by atoms with E-state index >= 15 is 0 Å². The fourth-order valence-corrected chi connectivity index (χ4v) is 1.89. The number of nitrogens with zero attached hydrogens (tertiary/aromatic N) is 1. The summed E-state index contributed by atoms with van der Waals surface area (Å²) < 4.78 is 42.3. The number of aryl methyl sites for hydroxylation is 1. The van der Waals surface area contributed by atoms with Crippen molar-refractivity contribution in [2.24, 2.45) is 0 Å². The molecule has 0 atom stereocenters. The molecule has 1 aromatic carbocycles. The normalized spacial score (nSPS) is 11.3. The highest BCUT2D eigenvalue weighted by Gasteiger charge is 2.32. The first-order valence-corrected chi connectivity index (χ1v) is 6.35. The monoisotopic (exact) mass is 305 g/mol. The molecule has 1 amide bonds. The van der Waals surface area contributed by atoms with E-state index in [0.717, 1.165) is 5.56 Å². The van der Waals surface area contributed by atoms with Crippen molar-refractivity contribution in [3.05, 3.63) is 29.3 Å². The number of carbonyl (C=O) groups excluding carboxylic acids is 1. The van der Waals surface area contributed by atoms with Crippen molar-refractivity contribution in [2.75, 3.05) is 26.8 Å². The van der Waals surface area contributed by atoms with Crippen LogP contribution in [0.1, 0.15) is 11.1 Å². The Morgan fingerprint density at radius 2 is 2.05 bits per heavy atom. The van der Waals surface area contributed by atoms with Gasteiger partial charge in [0.05, 0.1) is 20.1 Å². The second kappa shape index (κ2) is 7.31. The summed E-state index contributed by atoms with van der Waals surface area (Å²) in [5, 5.41) is 8.79. The molecule has 21 heavy (non-hydrogen) atoms. The van der Waals surface area contributed by atoms with Crippen molar-refractivity contribution in [2.45, 2.75) is 19.5 Å². The highest BCUT2D eigenvalue weighted by atomic mass is 19.4. The molecule has 1 N–H and O–H groups in total. The predicted octanol–water partition coefficient (Wildman–Crippen LogP) is 1.93. The van der Waals surface area contributed by atoms with Gasteiger partial charge in [0, 0.05) is 6.54 Å². The molecule has 0 aliphatic heterocycles. The number of aliphatic hydroxyl groups is 1. The second-order valence-corrected chi connectivity index (χ2v) is 4.63. The fourth-order valence-electron chi connectivity index (χ4n) is 1.89. The van der Waals surface area contributed by atoms with Gasteiger partial charge in [-0.05, 0) is 24.1 Å². The van der Waals surface area contributed by atoms with Gasteiger partial charge in [-0.2, -0.15) is 13.2 Å². The standard InChI is InChI=1S/C14H18F3NO3/c1-10-3-4-11(7-12(10)21-2)8-13(20)18(5-6-19)9-14(15,16)17/h3-4,7,19H,5-6,8-9H2,1-2H3. The van der Waals surface area contributed by atoms with Crippen LogP contribution in [0, 0.1) is 6.92 Å². The molecule has 118 valence electrons. The summed E-state index contributed by atoms with van der Waals surface area (Å²) in [7, 11) is 1.48. The third-order valence-electron chi connectivity index (χ3n) is 2.92. The maximum atomic E-state index is 12.4. The number of alkyl halides is 3. The maximum absolute atomic E-state index is 12.4. The minimum atomic E-state index is -4.49. The van der Waals surface area contributed by atoms with Gasteiger partial charge in [0.15, 0.2) is 0 Å². The smallest absolute Gasteiger partial charge is 0.406 e. The molecule has 0 aliphatic rings. The fraction of sp³-hybridized carbons (Fsp3) is 0.500. The van der Waals surface area contributed by atoms with Crippen LogP contribution < -0.4 is 4.74 Å². The van der Waals surface area contributed by atoms with Crippen LogP contribution in [0.25, 0.3) is 0 Å². The van der Waals surface area contributed by atoms with E-state index in [4.69, 9.17) is 9.84 Å². The molecular formula is C14H18F3NO3. The minimum Gasteiger partial charge on any atom is -0.496 e. The number of rotatable bonds is 6. The van der Waals surface area contributed by atoms with Crippen LogP contribution >= 0.6 is 0 Å². The molecule has 0 aromatic heterocycles. The van der Waals surface area contributed by atoms with Gasteiger partial charge in [0.1, 0.15) is 12.3 Å². The molecule has 0 fully saturated rings. The molecular weight excluding hydrogens is 287 g/mol. The number of methoxy groups -OCH3 is 1. The Morgan fingerprint density at radius 1 is 1.38 bits per heavy atom. The first-order chi connectivity index (χ1) is 9.76. The van der Waals surface area contributed by atoms with Crippen LogP contribution in [0.3, 0.4) is 0 Å². The zero-order chi connectivity index (χ0) is 16.0.